The highest BCUT2D eigenvalue weighted by molar-refractivity contribution is 5.98. The zero-order valence-electron chi connectivity index (χ0n) is 12.6. The van der Waals surface area contributed by atoms with Gasteiger partial charge in [-0.05, 0) is 31.2 Å². The summed E-state index contributed by atoms with van der Waals surface area (Å²) in [6.45, 7) is 5.31. The molecular weight excluding hydrogens is 284 g/mol. The third-order valence-electron chi connectivity index (χ3n) is 3.33. The number of morpholine rings is 1. The molecule has 1 aliphatic rings. The lowest BCUT2D eigenvalue weighted by Gasteiger charge is -2.26. The summed E-state index contributed by atoms with van der Waals surface area (Å²) >= 11 is 0. The average Bonchev–Trinajstić information content (AvgIpc) is 3.04. The largest absolute Gasteiger partial charge is 0.468 e. The fourth-order valence-corrected chi connectivity index (χ4v) is 2.20. The average molecular weight is 304 g/mol. The van der Waals surface area contributed by atoms with Crippen LogP contribution in [0.5, 0.6) is 0 Å². The Kier molecular flexibility index (Phi) is 5.97. The molecule has 1 aromatic carbocycles. The van der Waals surface area contributed by atoms with Gasteiger partial charge in [-0.2, -0.15) is 0 Å². The number of hydrogen-bond donors (Lipinski definition) is 1. The Balaban J connectivity index is 0.000000309. The fraction of sp³-hybridized carbons (Fsp3) is 0.375. The number of rotatable bonds is 3. The molecule has 1 saturated heterocycles. The Labute approximate surface area is 129 Å². The van der Waals surface area contributed by atoms with Crippen molar-refractivity contribution in [2.45, 2.75) is 6.92 Å². The number of hydrogen-bond acceptors (Lipinski definition) is 4. The minimum atomic E-state index is 0.0939. The summed E-state index contributed by atoms with van der Waals surface area (Å²) in [5.41, 5.74) is 1.81. The standard InChI is InChI=1S/C13H14N2O2.C3H6O2/c16-13(15-5-7-17-8-6-15)11-1-2-12-10(9-11)3-4-14-12;1-2-5-3-4/h1-4,9,14H,5-8H2;3H,2H2,1H3. The molecule has 2 aromatic rings. The van der Waals surface area contributed by atoms with Crippen LogP contribution in [-0.4, -0.2) is 55.2 Å². The van der Waals surface area contributed by atoms with Crippen molar-refractivity contribution in [1.82, 2.24) is 9.88 Å². The summed E-state index contributed by atoms with van der Waals surface area (Å²) < 4.78 is 9.40. The number of amides is 1. The lowest BCUT2D eigenvalue weighted by molar-refractivity contribution is -0.128. The number of H-pyrrole nitrogens is 1. The van der Waals surface area contributed by atoms with Gasteiger partial charge >= 0.3 is 0 Å². The third kappa shape index (κ3) is 4.08. The summed E-state index contributed by atoms with van der Waals surface area (Å²) in [6.07, 6.45) is 1.88. The molecule has 118 valence electrons. The van der Waals surface area contributed by atoms with Crippen molar-refractivity contribution in [2.75, 3.05) is 32.9 Å². The minimum Gasteiger partial charge on any atom is -0.468 e. The SMILES string of the molecule is CCOC=O.O=C(c1ccc2[nH]ccc2c1)N1CCOCC1. The van der Waals surface area contributed by atoms with Gasteiger partial charge in [0.15, 0.2) is 0 Å². The van der Waals surface area contributed by atoms with Crippen LogP contribution in [0.2, 0.25) is 0 Å². The van der Waals surface area contributed by atoms with Gasteiger partial charge in [-0.1, -0.05) is 0 Å². The van der Waals surface area contributed by atoms with Crippen LogP contribution in [0.4, 0.5) is 0 Å². The summed E-state index contributed by atoms with van der Waals surface area (Å²) in [4.78, 5) is 26.4. The van der Waals surface area contributed by atoms with Crippen molar-refractivity contribution < 1.29 is 19.1 Å². The van der Waals surface area contributed by atoms with E-state index >= 15 is 0 Å². The maximum atomic E-state index is 12.2. The molecule has 3 rings (SSSR count). The normalized spacial score (nSPS) is 14.1. The predicted octanol–water partition coefficient (Wildman–Crippen LogP) is 1.82. The van der Waals surface area contributed by atoms with E-state index < -0.39 is 0 Å². The Morgan fingerprint density at radius 2 is 2.14 bits per heavy atom. The highest BCUT2D eigenvalue weighted by Crippen LogP contribution is 2.16. The van der Waals surface area contributed by atoms with Crippen LogP contribution >= 0.6 is 0 Å². The molecule has 1 amide bonds. The van der Waals surface area contributed by atoms with Gasteiger partial charge in [0.2, 0.25) is 0 Å². The molecule has 22 heavy (non-hydrogen) atoms. The van der Waals surface area contributed by atoms with E-state index in [0.717, 1.165) is 16.5 Å². The van der Waals surface area contributed by atoms with Crippen molar-refractivity contribution in [1.29, 1.82) is 0 Å². The van der Waals surface area contributed by atoms with E-state index in [1.807, 2.05) is 35.4 Å². The molecule has 0 unspecified atom stereocenters. The lowest BCUT2D eigenvalue weighted by Crippen LogP contribution is -2.40. The summed E-state index contributed by atoms with van der Waals surface area (Å²) in [5, 5.41) is 1.07. The van der Waals surface area contributed by atoms with E-state index in [-0.39, 0.29) is 5.91 Å². The molecule has 6 heteroatoms. The topological polar surface area (TPSA) is 71.6 Å². The number of aromatic nitrogens is 1. The van der Waals surface area contributed by atoms with Gasteiger partial charge in [0, 0.05) is 35.8 Å². The van der Waals surface area contributed by atoms with Crippen molar-refractivity contribution in [2.24, 2.45) is 0 Å². The van der Waals surface area contributed by atoms with Gasteiger partial charge in [0.25, 0.3) is 12.4 Å². The monoisotopic (exact) mass is 304 g/mol. The van der Waals surface area contributed by atoms with Crippen LogP contribution in [0.25, 0.3) is 10.9 Å². The van der Waals surface area contributed by atoms with Crippen LogP contribution in [0, 0.1) is 0 Å². The molecular formula is C16H20N2O4. The van der Waals surface area contributed by atoms with Crippen LogP contribution in [0.3, 0.4) is 0 Å². The van der Waals surface area contributed by atoms with Gasteiger partial charge in [-0.3, -0.25) is 9.59 Å². The summed E-state index contributed by atoms with van der Waals surface area (Å²) in [5.74, 6) is 0.0939. The molecule has 0 radical (unpaired) electrons. The first kappa shape index (κ1) is 16.0. The predicted molar refractivity (Wildman–Crippen MR) is 82.7 cm³/mol. The van der Waals surface area contributed by atoms with E-state index in [2.05, 4.69) is 9.72 Å². The van der Waals surface area contributed by atoms with Crippen LogP contribution in [0.1, 0.15) is 17.3 Å². The molecule has 6 nitrogen and oxygen atoms in total. The number of nitrogens with one attached hydrogen (secondary N) is 1. The van der Waals surface area contributed by atoms with Crippen LogP contribution < -0.4 is 0 Å². The van der Waals surface area contributed by atoms with Gasteiger partial charge < -0.3 is 19.4 Å². The Hall–Kier alpha value is -2.34. The number of carbonyl (C=O) groups excluding carboxylic acids is 2. The molecule has 0 atom stereocenters. The number of ether oxygens (including phenoxy) is 2. The van der Waals surface area contributed by atoms with Crippen molar-refractivity contribution in [3.63, 3.8) is 0 Å². The molecule has 0 aliphatic carbocycles. The van der Waals surface area contributed by atoms with Crippen LogP contribution in [0.15, 0.2) is 30.5 Å². The van der Waals surface area contributed by atoms with Crippen molar-refractivity contribution in [3.05, 3.63) is 36.0 Å². The van der Waals surface area contributed by atoms with Crippen molar-refractivity contribution in [3.8, 4) is 0 Å². The smallest absolute Gasteiger partial charge is 0.293 e. The molecule has 0 bridgehead atoms. The van der Waals surface area contributed by atoms with Gasteiger partial charge in [0.05, 0.1) is 19.8 Å². The zero-order valence-corrected chi connectivity index (χ0v) is 12.6. The van der Waals surface area contributed by atoms with Gasteiger partial charge in [-0.25, -0.2) is 0 Å². The quantitative estimate of drug-likeness (QED) is 0.878. The van der Waals surface area contributed by atoms with E-state index in [1.165, 1.54) is 0 Å². The first-order chi connectivity index (χ1) is 10.8. The second-order valence-electron chi connectivity index (χ2n) is 4.74. The minimum absolute atomic E-state index is 0.0939. The van der Waals surface area contributed by atoms with Crippen LogP contribution in [-0.2, 0) is 14.3 Å². The number of nitrogens with zero attached hydrogens (tertiary/aromatic N) is 1. The first-order valence-corrected chi connectivity index (χ1v) is 7.25. The molecule has 1 fully saturated rings. The van der Waals surface area contributed by atoms with E-state index in [1.54, 1.807) is 6.92 Å². The molecule has 1 aliphatic heterocycles. The molecule has 0 spiro atoms. The van der Waals surface area contributed by atoms with E-state index in [9.17, 15) is 9.59 Å². The summed E-state index contributed by atoms with van der Waals surface area (Å²) in [6, 6.07) is 7.73. The first-order valence-electron chi connectivity index (χ1n) is 7.25. The lowest BCUT2D eigenvalue weighted by atomic mass is 10.1. The fourth-order valence-electron chi connectivity index (χ4n) is 2.20. The number of fused-ring (bicyclic) bond motifs is 1. The maximum Gasteiger partial charge on any atom is 0.293 e. The second kappa shape index (κ2) is 8.19. The second-order valence-corrected chi connectivity index (χ2v) is 4.74. The molecule has 2 heterocycles. The number of benzene rings is 1. The summed E-state index contributed by atoms with van der Waals surface area (Å²) in [7, 11) is 0. The van der Waals surface area contributed by atoms with E-state index in [4.69, 9.17) is 4.74 Å². The van der Waals surface area contributed by atoms with Gasteiger partial charge in [-0.15, -0.1) is 0 Å². The Bertz CT molecular complexity index is 617. The number of aromatic amines is 1. The molecule has 0 saturated carbocycles. The zero-order chi connectivity index (χ0) is 15.8. The third-order valence-corrected chi connectivity index (χ3v) is 3.33. The highest BCUT2D eigenvalue weighted by atomic mass is 16.5. The van der Waals surface area contributed by atoms with E-state index in [0.29, 0.717) is 39.4 Å². The Morgan fingerprint density at radius 3 is 2.77 bits per heavy atom. The highest BCUT2D eigenvalue weighted by Gasteiger charge is 2.18. The number of carbonyl (C=O) groups is 2. The Morgan fingerprint density at radius 1 is 1.36 bits per heavy atom. The van der Waals surface area contributed by atoms with Crippen molar-refractivity contribution >= 4 is 23.3 Å². The molecule has 1 aromatic heterocycles. The maximum absolute atomic E-state index is 12.2. The molecule has 1 N–H and O–H groups in total. The van der Waals surface area contributed by atoms with Gasteiger partial charge in [0.1, 0.15) is 0 Å².